The number of sulfonamides is 1. The van der Waals surface area contributed by atoms with Gasteiger partial charge in [0.1, 0.15) is 41.3 Å². The molecule has 15 heteroatoms. The molecule has 5 aliphatic rings. The van der Waals surface area contributed by atoms with E-state index < -0.39 is 50.9 Å². The minimum absolute atomic E-state index is 0.0990. The third-order valence-corrected chi connectivity index (χ3v) is 12.4. The fourth-order valence-electron chi connectivity index (χ4n) is 7.33. The Balaban J connectivity index is 1.20. The highest BCUT2D eigenvalue weighted by atomic mass is 32.2. The second-order valence-electron chi connectivity index (χ2n) is 14.4. The number of pyridine rings is 1. The molecule has 0 bridgehead atoms. The first-order valence-electron chi connectivity index (χ1n) is 17.8. The molecule has 1 aromatic heterocycles. The van der Waals surface area contributed by atoms with Crippen LogP contribution >= 0.6 is 0 Å². The predicted molar refractivity (Wildman–Crippen MR) is 189 cm³/mol. The van der Waals surface area contributed by atoms with Crippen molar-refractivity contribution in [2.24, 2.45) is 10.9 Å². The largest absolute Gasteiger partial charge is 0.496 e. The number of methoxy groups -OCH3 is 1. The molecule has 2 aromatic rings. The quantitative estimate of drug-likeness (QED) is 0.406. The number of ether oxygens (including phenoxy) is 3. The number of amides is 3. The first-order valence-corrected chi connectivity index (χ1v) is 19.3. The normalized spacial score (nSPS) is 30.5. The first kappa shape index (κ1) is 35.2. The van der Waals surface area contributed by atoms with Gasteiger partial charge in [0, 0.05) is 49.6 Å². The third-order valence-electron chi connectivity index (χ3n) is 10.6. The highest BCUT2D eigenvalue weighted by Crippen LogP contribution is 2.46. The molecule has 0 radical (unpaired) electrons. The Bertz CT molecular complexity index is 1900. The highest BCUT2D eigenvalue weighted by Gasteiger charge is 2.62. The number of fused-ring (bicyclic) bond motifs is 3. The standard InChI is InChI=1S/C36H46N6O8S/c1-21-30(48-4)13-12-26-31(16-27(38-32(21)26)28-19-41(3)20-37-28)50-24-15-29-33(43)39-36(35(45)40-51(46,47)25-10-11-25)17-23(36)9-7-5-6-8-14-49-22(2)34(44)42(29)18-24/h7,9,12-13,16,20,22-25,28-29H,5-6,8,10-11,14-15,17-19H2,1-4H3,(H,39,43)(H,40,45)/b9-7-/t22-,23-,24-,28?,29+,36-/m1/s1. The van der Waals surface area contributed by atoms with Crippen molar-refractivity contribution in [1.29, 1.82) is 0 Å². The minimum Gasteiger partial charge on any atom is -0.496 e. The highest BCUT2D eigenvalue weighted by molar-refractivity contribution is 7.91. The Hall–Kier alpha value is -4.24. The lowest BCUT2D eigenvalue weighted by molar-refractivity contribution is -0.147. The second kappa shape index (κ2) is 13.7. The zero-order valence-corrected chi connectivity index (χ0v) is 30.3. The van der Waals surface area contributed by atoms with E-state index in [9.17, 15) is 22.8 Å². The number of carbonyl (C=O) groups excluding carboxylic acids is 3. The van der Waals surface area contributed by atoms with E-state index in [4.69, 9.17) is 19.2 Å². The van der Waals surface area contributed by atoms with E-state index in [2.05, 4.69) is 15.0 Å². The molecular weight excluding hydrogens is 676 g/mol. The summed E-state index contributed by atoms with van der Waals surface area (Å²) in [7, 11) is -0.291. The monoisotopic (exact) mass is 722 g/mol. The summed E-state index contributed by atoms with van der Waals surface area (Å²) in [5.41, 5.74) is 0.835. The lowest BCUT2D eigenvalue weighted by atomic mass is 10.1. The fourth-order valence-corrected chi connectivity index (χ4v) is 8.69. The van der Waals surface area contributed by atoms with Crippen LogP contribution < -0.4 is 19.5 Å². The van der Waals surface area contributed by atoms with Crippen LogP contribution in [0.5, 0.6) is 11.5 Å². The smallest absolute Gasteiger partial charge is 0.259 e. The van der Waals surface area contributed by atoms with Crippen molar-refractivity contribution in [3.05, 3.63) is 41.6 Å². The van der Waals surface area contributed by atoms with Gasteiger partial charge in [-0.1, -0.05) is 12.2 Å². The summed E-state index contributed by atoms with van der Waals surface area (Å²) in [6.07, 6.45) is 7.87. The third kappa shape index (κ3) is 7.02. The van der Waals surface area contributed by atoms with Gasteiger partial charge in [0.2, 0.25) is 15.9 Å². The number of carbonyl (C=O) groups is 3. The van der Waals surface area contributed by atoms with Gasteiger partial charge in [-0.2, -0.15) is 0 Å². The Kier molecular flexibility index (Phi) is 9.46. The number of hydrogen-bond donors (Lipinski definition) is 2. The van der Waals surface area contributed by atoms with E-state index in [0.717, 1.165) is 35.9 Å². The topological polar surface area (TPSA) is 169 Å². The number of hydrogen-bond acceptors (Lipinski definition) is 11. The summed E-state index contributed by atoms with van der Waals surface area (Å²) >= 11 is 0. The summed E-state index contributed by atoms with van der Waals surface area (Å²) in [5, 5.41) is 3.07. The van der Waals surface area contributed by atoms with E-state index in [0.29, 0.717) is 43.0 Å². The van der Waals surface area contributed by atoms with Gasteiger partial charge in [-0.3, -0.25) is 24.1 Å². The molecule has 2 N–H and O–H groups in total. The number of allylic oxidation sites excluding steroid dienone is 1. The molecule has 4 heterocycles. The molecule has 6 atom stereocenters. The van der Waals surface area contributed by atoms with Gasteiger partial charge in [0.15, 0.2) is 0 Å². The van der Waals surface area contributed by atoms with E-state index in [-0.39, 0.29) is 37.3 Å². The molecular formula is C36H46N6O8S. The van der Waals surface area contributed by atoms with Crippen LogP contribution in [-0.2, 0) is 29.1 Å². The van der Waals surface area contributed by atoms with Crippen LogP contribution in [0.2, 0.25) is 0 Å². The van der Waals surface area contributed by atoms with Gasteiger partial charge < -0.3 is 29.3 Å². The number of aryl methyl sites for hydroxylation is 1. The minimum atomic E-state index is -3.85. The summed E-state index contributed by atoms with van der Waals surface area (Å²) in [5.74, 6) is -0.804. The van der Waals surface area contributed by atoms with E-state index >= 15 is 0 Å². The van der Waals surface area contributed by atoms with Crippen LogP contribution in [-0.4, -0.2) is 110 Å². The van der Waals surface area contributed by atoms with E-state index in [1.165, 1.54) is 4.90 Å². The summed E-state index contributed by atoms with van der Waals surface area (Å²) in [4.78, 5) is 54.8. The first-order chi connectivity index (χ1) is 24.4. The molecule has 3 amide bonds. The van der Waals surface area contributed by atoms with Crippen LogP contribution in [0.3, 0.4) is 0 Å². The van der Waals surface area contributed by atoms with Gasteiger partial charge in [0.25, 0.3) is 11.8 Å². The van der Waals surface area contributed by atoms with Crippen LogP contribution in [0, 0.1) is 12.8 Å². The number of likely N-dealkylation sites (N-methyl/N-ethyl adjacent to an activating group) is 1. The maximum absolute atomic E-state index is 14.2. The molecule has 3 fully saturated rings. The molecule has 7 rings (SSSR count). The molecule has 1 unspecified atom stereocenters. The van der Waals surface area contributed by atoms with Crippen molar-refractivity contribution in [3.8, 4) is 11.5 Å². The molecule has 0 spiro atoms. The van der Waals surface area contributed by atoms with Gasteiger partial charge >= 0.3 is 0 Å². The molecule has 1 saturated heterocycles. The summed E-state index contributed by atoms with van der Waals surface area (Å²) in [6, 6.07) is 4.43. The van der Waals surface area contributed by atoms with Crippen LogP contribution in [0.4, 0.5) is 0 Å². The van der Waals surface area contributed by atoms with Crippen molar-refractivity contribution >= 4 is 45.0 Å². The predicted octanol–water partition coefficient (Wildman–Crippen LogP) is 2.54. The molecule has 2 aliphatic carbocycles. The van der Waals surface area contributed by atoms with Gasteiger partial charge in [-0.15, -0.1) is 0 Å². The van der Waals surface area contributed by atoms with Crippen molar-refractivity contribution < 1.29 is 37.0 Å². The van der Waals surface area contributed by atoms with Crippen molar-refractivity contribution in [2.75, 3.05) is 33.9 Å². The average Bonchev–Trinajstić information content (AvgIpc) is 3.99. The average molecular weight is 723 g/mol. The number of aliphatic imine (C=N–C) groups is 1. The number of aromatic nitrogens is 1. The van der Waals surface area contributed by atoms with Crippen LogP contribution in [0.1, 0.15) is 69.2 Å². The number of nitrogens with zero attached hydrogens (tertiary/aromatic N) is 4. The zero-order valence-electron chi connectivity index (χ0n) is 29.5. The fraction of sp³-hybridized carbons (Fsp3) is 0.583. The molecule has 14 nitrogen and oxygen atoms in total. The Morgan fingerprint density at radius 3 is 2.69 bits per heavy atom. The van der Waals surface area contributed by atoms with Crippen molar-refractivity contribution in [2.45, 2.75) is 93.9 Å². The molecule has 2 saturated carbocycles. The van der Waals surface area contributed by atoms with Gasteiger partial charge in [-0.05, 0) is 64.5 Å². The lowest BCUT2D eigenvalue weighted by Gasteiger charge is -2.28. The SMILES string of the molecule is COc1ccc2c(O[C@@H]3C[C@H]4C(=O)N[C@]5(C(=O)NS(=O)(=O)C6CC6)C[C@H]5/C=C\CCCCO[C@H](C)C(=O)N4C3)cc(C3CN(C)C=N3)nc2c1C. The Morgan fingerprint density at radius 2 is 1.96 bits per heavy atom. The summed E-state index contributed by atoms with van der Waals surface area (Å²) < 4.78 is 46.0. The Morgan fingerprint density at radius 1 is 1.16 bits per heavy atom. The van der Waals surface area contributed by atoms with Crippen LogP contribution in [0.15, 0.2) is 35.3 Å². The van der Waals surface area contributed by atoms with Crippen LogP contribution in [0.25, 0.3) is 10.9 Å². The van der Waals surface area contributed by atoms with Crippen molar-refractivity contribution in [1.82, 2.24) is 24.8 Å². The Labute approximate surface area is 298 Å². The maximum Gasteiger partial charge on any atom is 0.259 e. The number of rotatable bonds is 7. The van der Waals surface area contributed by atoms with Gasteiger partial charge in [-0.25, -0.2) is 13.4 Å². The maximum atomic E-state index is 14.2. The summed E-state index contributed by atoms with van der Waals surface area (Å²) in [6.45, 7) is 4.75. The lowest BCUT2D eigenvalue weighted by Crippen LogP contribution is -2.57. The van der Waals surface area contributed by atoms with E-state index in [1.54, 1.807) is 20.4 Å². The molecule has 3 aliphatic heterocycles. The molecule has 274 valence electrons. The number of nitrogens with one attached hydrogen (secondary N) is 2. The van der Waals surface area contributed by atoms with E-state index in [1.807, 2.05) is 49.2 Å². The molecule has 1 aromatic carbocycles. The van der Waals surface area contributed by atoms with Gasteiger partial charge in [0.05, 0.1) is 36.5 Å². The molecule has 51 heavy (non-hydrogen) atoms. The van der Waals surface area contributed by atoms with Crippen molar-refractivity contribution in [3.63, 3.8) is 0 Å². The number of benzene rings is 1. The zero-order chi connectivity index (χ0) is 36.1. The second-order valence-corrected chi connectivity index (χ2v) is 16.4.